The van der Waals surface area contributed by atoms with Crippen LogP contribution in [0.2, 0.25) is 0 Å². The Kier molecular flexibility index (Phi) is 7.97. The van der Waals surface area contributed by atoms with Crippen molar-refractivity contribution in [1.82, 2.24) is 19.5 Å². The lowest BCUT2D eigenvalue weighted by molar-refractivity contribution is 0.632. The first-order valence-electron chi connectivity index (χ1n) is 18.4. The summed E-state index contributed by atoms with van der Waals surface area (Å²) in [5, 5.41) is 2.48. The molecular formula is C49H40N4. The van der Waals surface area contributed by atoms with E-state index < -0.39 is 0 Å². The van der Waals surface area contributed by atoms with Crippen LogP contribution in [0.3, 0.4) is 0 Å². The van der Waals surface area contributed by atoms with E-state index in [1.165, 1.54) is 49.7 Å². The van der Waals surface area contributed by atoms with Crippen LogP contribution in [0.15, 0.2) is 158 Å². The second-order valence-electron chi connectivity index (χ2n) is 14.4. The zero-order chi connectivity index (χ0) is 36.1. The van der Waals surface area contributed by atoms with E-state index in [9.17, 15) is 0 Å². The van der Waals surface area contributed by atoms with Crippen molar-refractivity contribution in [1.29, 1.82) is 0 Å². The summed E-state index contributed by atoms with van der Waals surface area (Å²) in [6.45, 7) is 11.2. The van der Waals surface area contributed by atoms with Crippen LogP contribution in [0.5, 0.6) is 0 Å². The Morgan fingerprint density at radius 2 is 1.43 bits per heavy atom. The Balaban J connectivity index is 1.30. The van der Waals surface area contributed by atoms with Crippen molar-refractivity contribution in [3.8, 4) is 39.6 Å². The van der Waals surface area contributed by atoms with Crippen LogP contribution in [0.1, 0.15) is 56.1 Å². The first-order chi connectivity index (χ1) is 25.9. The summed E-state index contributed by atoms with van der Waals surface area (Å²) in [4.78, 5) is 15.2. The van der Waals surface area contributed by atoms with E-state index in [2.05, 4.69) is 140 Å². The zero-order valence-electron chi connectivity index (χ0n) is 30.3. The first kappa shape index (κ1) is 32.5. The van der Waals surface area contributed by atoms with Gasteiger partial charge in [-0.25, -0.2) is 15.0 Å². The molecule has 1 aliphatic carbocycles. The maximum atomic E-state index is 5.13. The number of allylic oxidation sites excluding steroid dienone is 9. The van der Waals surface area contributed by atoms with E-state index in [1.54, 1.807) is 0 Å². The van der Waals surface area contributed by atoms with Gasteiger partial charge >= 0.3 is 0 Å². The quantitative estimate of drug-likeness (QED) is 0.157. The fraction of sp³-hybridized carbons (Fsp3) is 0.122. The fourth-order valence-electron chi connectivity index (χ4n) is 8.06. The van der Waals surface area contributed by atoms with E-state index >= 15 is 0 Å². The van der Waals surface area contributed by atoms with E-state index in [0.29, 0.717) is 17.5 Å². The molecule has 9 rings (SSSR count). The van der Waals surface area contributed by atoms with Crippen LogP contribution in [-0.4, -0.2) is 19.5 Å². The highest BCUT2D eigenvalue weighted by molar-refractivity contribution is 6.13. The summed E-state index contributed by atoms with van der Waals surface area (Å²) in [5.74, 6) is 2.05. The van der Waals surface area contributed by atoms with Gasteiger partial charge in [0.05, 0.1) is 16.7 Å². The van der Waals surface area contributed by atoms with Gasteiger partial charge in [-0.1, -0.05) is 148 Å². The van der Waals surface area contributed by atoms with Gasteiger partial charge in [-0.2, -0.15) is 0 Å². The number of aromatic nitrogens is 4. The molecule has 7 aromatic rings. The molecule has 0 saturated heterocycles. The van der Waals surface area contributed by atoms with Gasteiger partial charge in [0.1, 0.15) is 0 Å². The summed E-state index contributed by atoms with van der Waals surface area (Å²) < 4.78 is 2.48. The lowest BCUT2D eigenvalue weighted by Crippen LogP contribution is -2.27. The largest absolute Gasteiger partial charge is 0.309 e. The molecule has 0 saturated carbocycles. The van der Waals surface area contributed by atoms with Crippen molar-refractivity contribution in [2.24, 2.45) is 0 Å². The second-order valence-corrected chi connectivity index (χ2v) is 14.4. The minimum absolute atomic E-state index is 0.352. The molecule has 0 fully saturated rings. The Hall–Kier alpha value is -6.39. The Morgan fingerprint density at radius 3 is 2.17 bits per heavy atom. The van der Waals surface area contributed by atoms with Gasteiger partial charge in [0.2, 0.25) is 0 Å². The lowest BCUT2D eigenvalue weighted by Gasteiger charge is -2.36. The van der Waals surface area contributed by atoms with Crippen LogP contribution in [0.4, 0.5) is 0 Å². The zero-order valence-corrected chi connectivity index (χ0v) is 30.3. The summed E-state index contributed by atoms with van der Waals surface area (Å²) in [5.41, 5.74) is 13.3. The fourth-order valence-corrected chi connectivity index (χ4v) is 8.06. The Bertz CT molecular complexity index is 2700. The van der Waals surface area contributed by atoms with Gasteiger partial charge in [0.25, 0.3) is 0 Å². The molecule has 5 aromatic carbocycles. The Morgan fingerprint density at radius 1 is 0.717 bits per heavy atom. The van der Waals surface area contributed by atoms with Crippen LogP contribution in [0.25, 0.3) is 72.5 Å². The van der Waals surface area contributed by atoms with Crippen molar-refractivity contribution in [2.75, 3.05) is 0 Å². The van der Waals surface area contributed by atoms with Crippen LogP contribution in [-0.2, 0) is 5.41 Å². The van der Waals surface area contributed by atoms with E-state index in [0.717, 1.165) is 40.7 Å². The molecule has 53 heavy (non-hydrogen) atoms. The van der Waals surface area contributed by atoms with Crippen molar-refractivity contribution < 1.29 is 0 Å². The number of hydrogen-bond donors (Lipinski definition) is 0. The van der Waals surface area contributed by atoms with Crippen LogP contribution in [0, 0.1) is 0 Å². The topological polar surface area (TPSA) is 43.6 Å². The number of fused-ring (bicyclic) bond motifs is 5. The van der Waals surface area contributed by atoms with E-state index in [-0.39, 0.29) is 5.41 Å². The summed E-state index contributed by atoms with van der Waals surface area (Å²) in [6, 6.07) is 39.1. The first-order valence-corrected chi connectivity index (χ1v) is 18.4. The van der Waals surface area contributed by atoms with Crippen molar-refractivity contribution >= 4 is 33.0 Å². The summed E-state index contributed by atoms with van der Waals surface area (Å²) >= 11 is 0. The molecule has 0 N–H and O–H groups in total. The third-order valence-corrected chi connectivity index (χ3v) is 10.7. The standard InChI is InChI=1S/C49H40N4/c1-5-6-10-17-32(2)36-24-26-39-40-28-27-38(33-18-11-7-12-19-33)44-45(40)53(43(39)31-36)42-29-25-37(30-41(42)49(44,3)4)48-51-46(34-20-13-8-14-21-34)50-47(52-48)35-22-15-9-16-23-35/h5-8,10-15,17-31H,2,9,16H2,1,3-4H3. The average Bonchev–Trinajstić information content (AvgIpc) is 3.54. The molecule has 3 heterocycles. The molecule has 0 atom stereocenters. The third kappa shape index (κ3) is 5.50. The molecule has 2 aliphatic rings. The number of hydrogen-bond acceptors (Lipinski definition) is 3. The molecular weight excluding hydrogens is 645 g/mol. The molecule has 0 radical (unpaired) electrons. The van der Waals surface area contributed by atoms with Gasteiger partial charge in [-0.05, 0) is 77.4 Å². The number of benzene rings is 5. The molecule has 4 heteroatoms. The molecule has 1 aliphatic heterocycles. The molecule has 0 amide bonds. The highest BCUT2D eigenvalue weighted by Gasteiger charge is 2.38. The van der Waals surface area contributed by atoms with Crippen molar-refractivity contribution in [2.45, 2.75) is 39.0 Å². The highest BCUT2D eigenvalue weighted by atomic mass is 15.0. The maximum Gasteiger partial charge on any atom is 0.164 e. The SMILES string of the molecule is C=C(C=CC=CC)c1ccc2c3ccc(-c4ccccc4)c4c3n(c2c1)-c1ccc(-c2nc(C3=CCCC=C3)nc(-c3ccccc3)n2)cc1C4(C)C. The molecule has 256 valence electrons. The van der Waals surface area contributed by atoms with Crippen LogP contribution < -0.4 is 0 Å². The normalized spacial score (nSPS) is 14.7. The minimum Gasteiger partial charge on any atom is -0.309 e. The predicted octanol–water partition coefficient (Wildman–Crippen LogP) is 12.5. The van der Waals surface area contributed by atoms with Gasteiger partial charge in [0.15, 0.2) is 17.5 Å². The van der Waals surface area contributed by atoms with E-state index in [1.807, 2.05) is 43.4 Å². The highest BCUT2D eigenvalue weighted by Crippen LogP contribution is 2.51. The minimum atomic E-state index is -0.352. The predicted molar refractivity (Wildman–Crippen MR) is 222 cm³/mol. The molecule has 0 bridgehead atoms. The maximum absolute atomic E-state index is 5.13. The number of rotatable bonds is 7. The molecule has 2 aromatic heterocycles. The van der Waals surface area contributed by atoms with Crippen molar-refractivity contribution in [3.05, 3.63) is 181 Å². The van der Waals surface area contributed by atoms with E-state index in [4.69, 9.17) is 15.0 Å². The van der Waals surface area contributed by atoms with Crippen LogP contribution >= 0.6 is 0 Å². The van der Waals surface area contributed by atoms with Gasteiger partial charge in [-0.3, -0.25) is 0 Å². The van der Waals surface area contributed by atoms with Gasteiger partial charge in [0, 0.05) is 32.9 Å². The molecule has 0 unspecified atom stereocenters. The molecule has 4 nitrogen and oxygen atoms in total. The molecule has 0 spiro atoms. The lowest BCUT2D eigenvalue weighted by atomic mass is 9.71. The second kappa shape index (κ2) is 13.0. The monoisotopic (exact) mass is 684 g/mol. The average molecular weight is 685 g/mol. The Labute approximate surface area is 310 Å². The van der Waals surface area contributed by atoms with Gasteiger partial charge in [-0.15, -0.1) is 0 Å². The third-order valence-electron chi connectivity index (χ3n) is 10.7. The summed E-state index contributed by atoms with van der Waals surface area (Å²) in [6.07, 6.45) is 16.8. The summed E-state index contributed by atoms with van der Waals surface area (Å²) in [7, 11) is 0. The van der Waals surface area contributed by atoms with Gasteiger partial charge < -0.3 is 4.57 Å². The number of nitrogens with zero attached hydrogens (tertiary/aromatic N) is 4. The van der Waals surface area contributed by atoms with Crippen molar-refractivity contribution in [3.63, 3.8) is 0 Å². The smallest absolute Gasteiger partial charge is 0.164 e.